The average Bonchev–Trinajstić information content (AvgIpc) is 3.43. The molecule has 0 aromatic carbocycles. The number of phosphoric acid groups is 1. The van der Waals surface area contributed by atoms with Gasteiger partial charge in [-0.25, -0.2) is 4.57 Å². The van der Waals surface area contributed by atoms with Crippen LogP contribution >= 0.6 is 7.82 Å². The molecule has 0 radical (unpaired) electrons. The maximum Gasteiger partial charge on any atom is 0.472 e. The number of unbranched alkanes of at least 4 members (excludes halogenated alkanes) is 33. The third kappa shape index (κ3) is 57.9. The van der Waals surface area contributed by atoms with E-state index in [-0.39, 0.29) is 25.9 Å². The Kier molecular flexibility index (Phi) is 58.1. The Labute approximate surface area is 478 Å². The Morgan fingerprint density at radius 3 is 1.01 bits per heavy atom. The van der Waals surface area contributed by atoms with Crippen molar-refractivity contribution in [1.29, 1.82) is 0 Å². The second-order valence-electron chi connectivity index (χ2n) is 21.6. The summed E-state index contributed by atoms with van der Waals surface area (Å²) in [5.41, 5.74) is 0. The van der Waals surface area contributed by atoms with Gasteiger partial charge in [-0.15, -0.1) is 0 Å². The van der Waals surface area contributed by atoms with E-state index in [1.54, 1.807) is 0 Å². The van der Waals surface area contributed by atoms with Gasteiger partial charge in [0.05, 0.1) is 19.8 Å². The minimum Gasteiger partial charge on any atom is -0.462 e. The van der Waals surface area contributed by atoms with Gasteiger partial charge >= 0.3 is 25.7 Å². The third-order valence-corrected chi connectivity index (χ3v) is 14.9. The van der Waals surface area contributed by atoms with E-state index in [0.29, 0.717) is 25.7 Å². The SMILES string of the molecule is CC/C=C\C/C=C\C/C=C\C/C=C\C/C=C\CCCC(=O)OCC(COP(=O)(O)OCC(CO)OC(=O)CCCCCCCCCCCCCCCCCCC)OC(=O)CCCCCCCCCCCCCCCCCCC. The first-order chi connectivity index (χ1) is 38.2. The summed E-state index contributed by atoms with van der Waals surface area (Å²) in [6, 6.07) is 0. The number of hydrogen-bond donors (Lipinski definition) is 2. The number of carbonyl (C=O) groups is 3. The summed E-state index contributed by atoms with van der Waals surface area (Å²) in [6.07, 6.45) is 67.5. The van der Waals surface area contributed by atoms with Gasteiger partial charge < -0.3 is 24.2 Å². The number of aliphatic hydroxyl groups is 1. The molecule has 3 atom stereocenters. The molecule has 0 amide bonds. The molecule has 0 bridgehead atoms. The second-order valence-corrected chi connectivity index (χ2v) is 23.0. The van der Waals surface area contributed by atoms with Crippen LogP contribution in [0.3, 0.4) is 0 Å². The lowest BCUT2D eigenvalue weighted by atomic mass is 10.0. The first-order valence-corrected chi connectivity index (χ1v) is 33.7. The highest BCUT2D eigenvalue weighted by Crippen LogP contribution is 2.43. The third-order valence-electron chi connectivity index (χ3n) is 14.0. The highest BCUT2D eigenvalue weighted by molar-refractivity contribution is 7.47. The molecule has 3 unspecified atom stereocenters. The monoisotopic (exact) mass is 1120 g/mol. The minimum atomic E-state index is -4.76. The predicted octanol–water partition coefficient (Wildman–Crippen LogP) is 19.5. The van der Waals surface area contributed by atoms with Crippen LogP contribution in [0.1, 0.15) is 303 Å². The molecule has 2 N–H and O–H groups in total. The lowest BCUT2D eigenvalue weighted by Crippen LogP contribution is -2.30. The summed E-state index contributed by atoms with van der Waals surface area (Å²) >= 11 is 0. The molecule has 0 aromatic heterocycles. The Balaban J connectivity index is 4.72. The molecule has 454 valence electrons. The minimum absolute atomic E-state index is 0.150. The lowest BCUT2D eigenvalue weighted by Gasteiger charge is -2.21. The number of allylic oxidation sites excluding steroid dienone is 10. The van der Waals surface area contributed by atoms with Crippen LogP contribution in [0.4, 0.5) is 0 Å². The van der Waals surface area contributed by atoms with Crippen molar-refractivity contribution < 1.29 is 52.2 Å². The molecule has 0 aliphatic rings. The van der Waals surface area contributed by atoms with Crippen molar-refractivity contribution in [1.82, 2.24) is 0 Å². The molecule has 0 heterocycles. The van der Waals surface area contributed by atoms with Gasteiger partial charge in [-0.2, -0.15) is 0 Å². The van der Waals surface area contributed by atoms with Crippen molar-refractivity contribution in [3.8, 4) is 0 Å². The van der Waals surface area contributed by atoms with E-state index in [4.69, 9.17) is 23.3 Å². The fraction of sp³-hybridized carbons (Fsp3) is 0.803. The van der Waals surface area contributed by atoms with Crippen molar-refractivity contribution in [3.63, 3.8) is 0 Å². The summed E-state index contributed by atoms with van der Waals surface area (Å²) in [5.74, 6) is -1.51. The van der Waals surface area contributed by atoms with Crippen LogP contribution in [-0.4, -0.2) is 66.5 Å². The normalized spacial score (nSPS) is 13.7. The molecule has 0 saturated carbocycles. The molecule has 0 fully saturated rings. The number of hydrogen-bond acceptors (Lipinski definition) is 10. The van der Waals surface area contributed by atoms with Crippen LogP contribution < -0.4 is 0 Å². The van der Waals surface area contributed by atoms with Gasteiger partial charge in [-0.1, -0.05) is 287 Å². The molecular weight excluding hydrogens is 1000 g/mol. The van der Waals surface area contributed by atoms with Crippen molar-refractivity contribution in [2.24, 2.45) is 0 Å². The van der Waals surface area contributed by atoms with E-state index in [2.05, 4.69) is 75.5 Å². The van der Waals surface area contributed by atoms with E-state index in [1.807, 2.05) is 6.08 Å². The van der Waals surface area contributed by atoms with Crippen molar-refractivity contribution >= 4 is 25.7 Å². The summed E-state index contributed by atoms with van der Waals surface area (Å²) < 4.78 is 39.6. The molecule has 0 aromatic rings. The largest absolute Gasteiger partial charge is 0.472 e. The first-order valence-electron chi connectivity index (χ1n) is 32.2. The number of rotatable bonds is 60. The van der Waals surface area contributed by atoms with E-state index in [0.717, 1.165) is 70.6 Å². The van der Waals surface area contributed by atoms with E-state index in [9.17, 15) is 28.9 Å². The van der Waals surface area contributed by atoms with Gasteiger partial charge in [0.1, 0.15) is 12.7 Å². The van der Waals surface area contributed by atoms with Crippen LogP contribution in [0, 0.1) is 0 Å². The van der Waals surface area contributed by atoms with Crippen LogP contribution in [0.15, 0.2) is 60.8 Å². The van der Waals surface area contributed by atoms with Gasteiger partial charge in [-0.3, -0.25) is 23.4 Å². The fourth-order valence-electron chi connectivity index (χ4n) is 9.10. The summed E-state index contributed by atoms with van der Waals surface area (Å²) in [6.45, 7) is 4.54. The maximum absolute atomic E-state index is 12.9. The molecule has 0 saturated heterocycles. The Morgan fingerprint density at radius 2 is 0.667 bits per heavy atom. The van der Waals surface area contributed by atoms with Gasteiger partial charge in [-0.05, 0) is 57.8 Å². The van der Waals surface area contributed by atoms with Crippen molar-refractivity contribution in [2.45, 2.75) is 315 Å². The van der Waals surface area contributed by atoms with E-state index in [1.165, 1.54) is 167 Å². The fourth-order valence-corrected chi connectivity index (χ4v) is 9.88. The van der Waals surface area contributed by atoms with Gasteiger partial charge in [0.2, 0.25) is 0 Å². The molecule has 11 nitrogen and oxygen atoms in total. The predicted molar refractivity (Wildman–Crippen MR) is 325 cm³/mol. The zero-order valence-electron chi connectivity index (χ0n) is 50.4. The van der Waals surface area contributed by atoms with Crippen LogP contribution in [0.5, 0.6) is 0 Å². The van der Waals surface area contributed by atoms with Gasteiger partial charge in [0, 0.05) is 19.3 Å². The molecule has 12 heteroatoms. The first kappa shape index (κ1) is 75.2. The molecular formula is C66H119O11P. The number of ether oxygens (including phenoxy) is 3. The average molecular weight is 1120 g/mol. The quantitative estimate of drug-likeness (QED) is 0.0197. The van der Waals surface area contributed by atoms with Crippen molar-refractivity contribution in [2.75, 3.05) is 26.4 Å². The van der Waals surface area contributed by atoms with Crippen molar-refractivity contribution in [3.05, 3.63) is 60.8 Å². The summed E-state index contributed by atoms with van der Waals surface area (Å²) in [4.78, 5) is 48.7. The maximum atomic E-state index is 12.9. The lowest BCUT2D eigenvalue weighted by molar-refractivity contribution is -0.161. The van der Waals surface area contributed by atoms with Crippen LogP contribution in [0.25, 0.3) is 0 Å². The number of esters is 3. The van der Waals surface area contributed by atoms with Crippen LogP contribution in [-0.2, 0) is 42.2 Å². The topological polar surface area (TPSA) is 155 Å². The molecule has 0 aliphatic heterocycles. The van der Waals surface area contributed by atoms with Crippen LogP contribution in [0.2, 0.25) is 0 Å². The van der Waals surface area contributed by atoms with Gasteiger partial charge in [0.25, 0.3) is 0 Å². The summed E-state index contributed by atoms with van der Waals surface area (Å²) in [5, 5.41) is 9.85. The standard InChI is InChI=1S/C66H119O11P/c1-4-7-10-13-16-19-22-25-28-31-34-37-40-43-46-49-52-55-64(68)73-59-63(77-66(70)57-54-51-48-45-42-39-36-33-30-27-24-21-18-15-12-9-6-3)61-75-78(71,72)74-60-62(58-67)76-65(69)56-53-50-47-44-41-38-35-32-29-26-23-20-17-14-11-8-5-2/h7,10,16,19,25,28,34,37,43,46,62-63,67H,4-6,8-9,11-15,17-18,20-24,26-27,29-33,35-36,38-42,44-45,47-61H2,1-3H3,(H,71,72)/b10-7-,19-16-,28-25-,37-34-,46-43-. The molecule has 78 heavy (non-hydrogen) atoms. The highest BCUT2D eigenvalue weighted by atomic mass is 31.2. The summed E-state index contributed by atoms with van der Waals surface area (Å²) in [7, 11) is -4.76. The zero-order valence-corrected chi connectivity index (χ0v) is 51.3. The second kappa shape index (κ2) is 60.3. The highest BCUT2D eigenvalue weighted by Gasteiger charge is 2.28. The number of carbonyl (C=O) groups excluding carboxylic acids is 3. The Hall–Kier alpha value is -2.82. The molecule has 0 rings (SSSR count). The van der Waals surface area contributed by atoms with Gasteiger partial charge in [0.15, 0.2) is 6.10 Å². The Morgan fingerprint density at radius 1 is 0.372 bits per heavy atom. The van der Waals surface area contributed by atoms with E-state index >= 15 is 0 Å². The number of aliphatic hydroxyl groups excluding tert-OH is 1. The smallest absolute Gasteiger partial charge is 0.462 e. The van der Waals surface area contributed by atoms with E-state index < -0.39 is 57.8 Å². The number of phosphoric ester groups is 1. The molecule has 0 aliphatic carbocycles. The molecule has 0 spiro atoms. The zero-order chi connectivity index (χ0) is 56.9. The Bertz CT molecular complexity index is 1540.